The highest BCUT2D eigenvalue weighted by Gasteiger charge is 2.08. The summed E-state index contributed by atoms with van der Waals surface area (Å²) >= 11 is 6.81. The van der Waals surface area contributed by atoms with Gasteiger partial charge >= 0.3 is 0 Å². The van der Waals surface area contributed by atoms with E-state index in [1.807, 2.05) is 36.4 Å². The molecule has 2 rings (SSSR count). The zero-order valence-electron chi connectivity index (χ0n) is 7.24. The number of nitrogens with one attached hydrogen (secondary N) is 1. The van der Waals surface area contributed by atoms with Crippen molar-refractivity contribution in [3.8, 4) is 0 Å². The number of aromatic nitrogens is 1. The second kappa shape index (κ2) is 4.28. The summed E-state index contributed by atoms with van der Waals surface area (Å²) < 4.78 is 0.846. The minimum atomic E-state index is 0.184. The quantitative estimate of drug-likeness (QED) is 0.489. The Bertz CT molecular complexity index is 399. The predicted octanol–water partition coefficient (Wildman–Crippen LogP) is 3.07. The molecule has 0 radical (unpaired) electrons. The number of rotatable bonds is 1. The van der Waals surface area contributed by atoms with E-state index in [1.165, 1.54) is 0 Å². The topological polar surface area (TPSA) is 24.9 Å². The van der Waals surface area contributed by atoms with Gasteiger partial charge in [-0.25, -0.2) is 4.98 Å². The first kappa shape index (κ1) is 9.93. The van der Waals surface area contributed by atoms with Crippen molar-refractivity contribution in [3.63, 3.8) is 0 Å². The van der Waals surface area contributed by atoms with Gasteiger partial charge in [0.05, 0.1) is 11.4 Å². The van der Waals surface area contributed by atoms with Crippen LogP contribution in [0.15, 0.2) is 41.0 Å². The molecule has 4 heteroatoms. The van der Waals surface area contributed by atoms with Gasteiger partial charge in [-0.15, -0.1) is 0 Å². The number of hydrogen-bond acceptors (Lipinski definition) is 2. The van der Waals surface area contributed by atoms with Crippen molar-refractivity contribution >= 4 is 37.6 Å². The molecule has 1 unspecified atom stereocenters. The molecule has 0 aromatic carbocycles. The van der Waals surface area contributed by atoms with E-state index in [0.717, 1.165) is 16.0 Å². The Morgan fingerprint density at radius 3 is 2.93 bits per heavy atom. The fourth-order valence-corrected chi connectivity index (χ4v) is 1.98. The first-order chi connectivity index (χ1) is 6.75. The smallest absolute Gasteiger partial charge is 0.106 e. The molecule has 72 valence electrons. The van der Waals surface area contributed by atoms with Crippen LogP contribution in [-0.4, -0.2) is 9.94 Å². The third-order valence-electron chi connectivity index (χ3n) is 1.83. The minimum absolute atomic E-state index is 0.184. The second-order valence-corrected chi connectivity index (χ2v) is 4.66. The fourth-order valence-electron chi connectivity index (χ4n) is 1.21. The highest BCUT2D eigenvalue weighted by atomic mass is 79.9. The highest BCUT2D eigenvalue weighted by Crippen LogP contribution is 2.17. The summed E-state index contributed by atoms with van der Waals surface area (Å²) in [5, 5.41) is 3.27. The zero-order valence-corrected chi connectivity index (χ0v) is 10.4. The predicted molar refractivity (Wildman–Crippen MR) is 64.9 cm³/mol. The van der Waals surface area contributed by atoms with Crippen molar-refractivity contribution < 1.29 is 0 Å². The number of dihydropyridines is 1. The fraction of sp³-hybridized carbons (Fsp3) is 0.100. The molecule has 1 aliphatic heterocycles. The third kappa shape index (κ3) is 2.25. The monoisotopic (exact) mass is 314 g/mol. The molecular weight excluding hydrogens is 308 g/mol. The van der Waals surface area contributed by atoms with Gasteiger partial charge < -0.3 is 5.32 Å². The molecule has 0 saturated carbocycles. The molecule has 2 heterocycles. The molecule has 14 heavy (non-hydrogen) atoms. The summed E-state index contributed by atoms with van der Waals surface area (Å²) in [5.74, 6) is 0. The van der Waals surface area contributed by atoms with Gasteiger partial charge in [-0.05, 0) is 34.1 Å². The number of halogens is 2. The maximum absolute atomic E-state index is 4.36. The lowest BCUT2D eigenvalue weighted by atomic mass is 10.2. The van der Waals surface area contributed by atoms with E-state index in [2.05, 4.69) is 42.2 Å². The van der Waals surface area contributed by atoms with Gasteiger partial charge in [0.2, 0.25) is 0 Å². The number of allylic oxidation sites excluding steroid dienone is 2. The molecule has 1 aromatic rings. The van der Waals surface area contributed by atoms with E-state index in [9.17, 15) is 0 Å². The maximum Gasteiger partial charge on any atom is 0.106 e. The molecule has 1 atom stereocenters. The first-order valence-corrected chi connectivity index (χ1v) is 5.88. The lowest BCUT2D eigenvalue weighted by molar-refractivity contribution is 0.938. The van der Waals surface area contributed by atoms with E-state index in [0.29, 0.717) is 0 Å². The van der Waals surface area contributed by atoms with Gasteiger partial charge in [0.15, 0.2) is 0 Å². The number of nitrogens with zero attached hydrogens (tertiary/aromatic N) is 1. The SMILES string of the molecule is Brc1cccc(C2=CC=CC(Br)N2)n1. The average Bonchev–Trinajstić information content (AvgIpc) is 2.18. The van der Waals surface area contributed by atoms with Crippen molar-refractivity contribution in [2.24, 2.45) is 0 Å². The van der Waals surface area contributed by atoms with Gasteiger partial charge in [0.1, 0.15) is 9.55 Å². The number of pyridine rings is 1. The molecule has 1 aromatic heterocycles. The first-order valence-electron chi connectivity index (χ1n) is 4.18. The van der Waals surface area contributed by atoms with Crippen LogP contribution >= 0.6 is 31.9 Å². The van der Waals surface area contributed by atoms with Crippen LogP contribution in [0.2, 0.25) is 0 Å². The Morgan fingerprint density at radius 2 is 2.21 bits per heavy atom. The number of alkyl halides is 1. The van der Waals surface area contributed by atoms with E-state index >= 15 is 0 Å². The Morgan fingerprint density at radius 1 is 1.36 bits per heavy atom. The summed E-state index contributed by atoms with van der Waals surface area (Å²) in [6.07, 6.45) is 6.04. The van der Waals surface area contributed by atoms with E-state index in [1.54, 1.807) is 0 Å². The summed E-state index contributed by atoms with van der Waals surface area (Å²) in [6.45, 7) is 0. The minimum Gasteiger partial charge on any atom is -0.368 e. The molecule has 0 saturated heterocycles. The molecule has 1 N–H and O–H groups in total. The lowest BCUT2D eigenvalue weighted by Gasteiger charge is -2.16. The van der Waals surface area contributed by atoms with Gasteiger partial charge in [-0.3, -0.25) is 0 Å². The molecule has 0 bridgehead atoms. The van der Waals surface area contributed by atoms with E-state index in [4.69, 9.17) is 0 Å². The van der Waals surface area contributed by atoms with Crippen molar-refractivity contribution in [1.29, 1.82) is 0 Å². The number of hydrogen-bond donors (Lipinski definition) is 1. The standard InChI is InChI=1S/C10H8Br2N2/c11-9-5-1-3-7(13-9)8-4-2-6-10(12)14-8/h1-6,9,13H. The van der Waals surface area contributed by atoms with Crippen LogP contribution in [0.4, 0.5) is 0 Å². The molecular formula is C10H8Br2N2. The Balaban J connectivity index is 2.31. The molecule has 0 fully saturated rings. The van der Waals surface area contributed by atoms with Crippen LogP contribution < -0.4 is 5.32 Å². The molecule has 0 amide bonds. The van der Waals surface area contributed by atoms with Crippen LogP contribution in [0.5, 0.6) is 0 Å². The molecule has 0 aliphatic carbocycles. The Hall–Kier alpha value is -0.610. The summed E-state index contributed by atoms with van der Waals surface area (Å²) in [7, 11) is 0. The zero-order chi connectivity index (χ0) is 9.97. The lowest BCUT2D eigenvalue weighted by Crippen LogP contribution is -2.22. The van der Waals surface area contributed by atoms with Gasteiger partial charge in [-0.1, -0.05) is 34.1 Å². The van der Waals surface area contributed by atoms with Gasteiger partial charge in [0.25, 0.3) is 0 Å². The second-order valence-electron chi connectivity index (χ2n) is 2.86. The summed E-state index contributed by atoms with van der Waals surface area (Å²) in [4.78, 5) is 4.55. The normalized spacial score (nSPS) is 20.1. The van der Waals surface area contributed by atoms with Crippen molar-refractivity contribution in [3.05, 3.63) is 46.7 Å². The van der Waals surface area contributed by atoms with Crippen molar-refractivity contribution in [2.45, 2.75) is 4.95 Å². The van der Waals surface area contributed by atoms with Gasteiger partial charge in [0, 0.05) is 0 Å². The van der Waals surface area contributed by atoms with Crippen LogP contribution in [0.25, 0.3) is 5.70 Å². The van der Waals surface area contributed by atoms with Crippen molar-refractivity contribution in [2.75, 3.05) is 0 Å². The molecule has 0 spiro atoms. The molecule has 1 aliphatic rings. The average molecular weight is 316 g/mol. The van der Waals surface area contributed by atoms with Gasteiger partial charge in [-0.2, -0.15) is 0 Å². The highest BCUT2D eigenvalue weighted by molar-refractivity contribution is 9.10. The maximum atomic E-state index is 4.36. The largest absolute Gasteiger partial charge is 0.368 e. The van der Waals surface area contributed by atoms with E-state index < -0.39 is 0 Å². The van der Waals surface area contributed by atoms with Crippen molar-refractivity contribution in [1.82, 2.24) is 10.3 Å². The van der Waals surface area contributed by atoms with Crippen LogP contribution in [0.1, 0.15) is 5.69 Å². The van der Waals surface area contributed by atoms with Crippen LogP contribution in [0, 0.1) is 0 Å². The summed E-state index contributed by atoms with van der Waals surface area (Å²) in [6, 6.07) is 5.85. The third-order valence-corrected chi connectivity index (χ3v) is 2.80. The Kier molecular flexibility index (Phi) is 3.03. The van der Waals surface area contributed by atoms with E-state index in [-0.39, 0.29) is 4.95 Å². The van der Waals surface area contributed by atoms with Crippen LogP contribution in [-0.2, 0) is 0 Å². The Labute approximate surface area is 99.4 Å². The van der Waals surface area contributed by atoms with Crippen LogP contribution in [0.3, 0.4) is 0 Å². The summed E-state index contributed by atoms with van der Waals surface area (Å²) in [5.41, 5.74) is 1.96. The molecule has 2 nitrogen and oxygen atoms in total.